The van der Waals surface area contributed by atoms with Crippen LogP contribution in [0.1, 0.15) is 73.6 Å². The van der Waals surface area contributed by atoms with Crippen LogP contribution in [0.4, 0.5) is 4.79 Å². The SMILES string of the molecule is CC(C)(C)OC(=O)C[C@@H](CCCCNC(=O)OC(C)(C)C)C(=O)NCCOCCOCCOCCOCCC(=O)O. The normalized spacial score (nSPS) is 12.4. The van der Waals surface area contributed by atoms with Crippen LogP contribution in [-0.4, -0.2) is 106 Å². The third kappa shape index (κ3) is 27.5. The van der Waals surface area contributed by atoms with Crippen molar-refractivity contribution in [2.24, 2.45) is 5.92 Å². The number of carboxylic acid groups (broad SMARTS) is 1. The summed E-state index contributed by atoms with van der Waals surface area (Å²) in [5, 5.41) is 14.0. The Morgan fingerprint density at radius 2 is 1.17 bits per heavy atom. The van der Waals surface area contributed by atoms with E-state index in [9.17, 15) is 19.2 Å². The molecule has 0 aromatic heterocycles. The van der Waals surface area contributed by atoms with Crippen LogP contribution in [-0.2, 0) is 42.8 Å². The van der Waals surface area contributed by atoms with Crippen LogP contribution in [0, 0.1) is 5.92 Å². The molecule has 240 valence electrons. The van der Waals surface area contributed by atoms with Crippen LogP contribution in [0.2, 0.25) is 0 Å². The van der Waals surface area contributed by atoms with Gasteiger partial charge < -0.3 is 44.2 Å². The van der Waals surface area contributed by atoms with Crippen molar-refractivity contribution in [2.45, 2.75) is 84.8 Å². The number of rotatable bonds is 23. The number of carbonyl (C=O) groups excluding carboxylic acids is 3. The Kier molecular flexibility index (Phi) is 20.8. The average molecular weight is 593 g/mol. The zero-order valence-electron chi connectivity index (χ0n) is 25.7. The van der Waals surface area contributed by atoms with Crippen molar-refractivity contribution in [2.75, 3.05) is 65.9 Å². The molecule has 13 nitrogen and oxygen atoms in total. The lowest BCUT2D eigenvalue weighted by Gasteiger charge is -2.22. The number of hydrogen-bond donors (Lipinski definition) is 3. The molecule has 0 aromatic rings. The molecule has 41 heavy (non-hydrogen) atoms. The fraction of sp³-hybridized carbons (Fsp3) is 0.857. The van der Waals surface area contributed by atoms with E-state index in [1.54, 1.807) is 41.5 Å². The molecule has 0 rings (SSSR count). The molecule has 0 spiro atoms. The summed E-state index contributed by atoms with van der Waals surface area (Å²) < 4.78 is 31.9. The topological polar surface area (TPSA) is 168 Å². The Hall–Kier alpha value is -2.48. The zero-order valence-corrected chi connectivity index (χ0v) is 25.7. The van der Waals surface area contributed by atoms with Crippen LogP contribution >= 0.6 is 0 Å². The molecule has 3 N–H and O–H groups in total. The molecule has 13 heteroatoms. The number of carboxylic acids is 1. The lowest BCUT2D eigenvalue weighted by Crippen LogP contribution is -2.36. The third-order valence-corrected chi connectivity index (χ3v) is 4.97. The van der Waals surface area contributed by atoms with E-state index >= 15 is 0 Å². The highest BCUT2D eigenvalue weighted by molar-refractivity contribution is 5.83. The van der Waals surface area contributed by atoms with Crippen molar-refractivity contribution in [3.63, 3.8) is 0 Å². The van der Waals surface area contributed by atoms with Crippen molar-refractivity contribution >= 4 is 23.9 Å². The van der Waals surface area contributed by atoms with E-state index in [-0.39, 0.29) is 38.5 Å². The quantitative estimate of drug-likeness (QED) is 0.118. The molecule has 2 amide bonds. The zero-order chi connectivity index (χ0) is 31.2. The van der Waals surface area contributed by atoms with Gasteiger partial charge in [0.15, 0.2) is 0 Å². The lowest BCUT2D eigenvalue weighted by atomic mass is 9.97. The van der Waals surface area contributed by atoms with Crippen LogP contribution in [0.15, 0.2) is 0 Å². The van der Waals surface area contributed by atoms with Crippen LogP contribution in [0.5, 0.6) is 0 Å². The van der Waals surface area contributed by atoms with Crippen LogP contribution in [0.25, 0.3) is 0 Å². The van der Waals surface area contributed by atoms with Crippen molar-refractivity contribution in [3.8, 4) is 0 Å². The molecule has 0 saturated heterocycles. The fourth-order valence-corrected chi connectivity index (χ4v) is 3.24. The van der Waals surface area contributed by atoms with Gasteiger partial charge in [0.25, 0.3) is 0 Å². The molecule has 0 aromatic carbocycles. The maximum absolute atomic E-state index is 12.8. The molecule has 0 heterocycles. The number of hydrogen-bond acceptors (Lipinski definition) is 10. The Balaban J connectivity index is 4.15. The van der Waals surface area contributed by atoms with Gasteiger partial charge in [-0.05, 0) is 54.4 Å². The predicted molar refractivity (Wildman–Crippen MR) is 151 cm³/mol. The molecule has 0 saturated carbocycles. The molecule has 0 aliphatic heterocycles. The summed E-state index contributed by atoms with van der Waals surface area (Å²) >= 11 is 0. The highest BCUT2D eigenvalue weighted by Gasteiger charge is 2.25. The molecule has 0 unspecified atom stereocenters. The highest BCUT2D eigenvalue weighted by atomic mass is 16.6. The third-order valence-electron chi connectivity index (χ3n) is 4.97. The van der Waals surface area contributed by atoms with E-state index in [0.29, 0.717) is 65.4 Å². The van der Waals surface area contributed by atoms with Gasteiger partial charge in [0.1, 0.15) is 11.2 Å². The molecule has 0 aliphatic carbocycles. The van der Waals surface area contributed by atoms with E-state index < -0.39 is 35.2 Å². The van der Waals surface area contributed by atoms with Gasteiger partial charge in [-0.3, -0.25) is 14.4 Å². The summed E-state index contributed by atoms with van der Waals surface area (Å²) in [5.41, 5.74) is -1.22. The lowest BCUT2D eigenvalue weighted by molar-refractivity contribution is -0.157. The first-order chi connectivity index (χ1) is 19.2. The Morgan fingerprint density at radius 3 is 1.68 bits per heavy atom. The minimum Gasteiger partial charge on any atom is -0.481 e. The van der Waals surface area contributed by atoms with Gasteiger partial charge in [0.05, 0.1) is 65.7 Å². The number of esters is 1. The van der Waals surface area contributed by atoms with E-state index in [2.05, 4.69) is 10.6 Å². The number of aliphatic carboxylic acids is 1. The predicted octanol–water partition coefficient (Wildman–Crippen LogP) is 2.69. The standard InChI is InChI=1S/C28H52N2O11/c1-27(2,3)40-24(33)21-22(9-7-8-11-30-26(35)41-28(4,5)6)25(34)29-12-14-37-16-18-39-20-19-38-17-15-36-13-10-23(31)32/h22H,7-21H2,1-6H3,(H,29,34)(H,30,35)(H,31,32)/t22-/m1/s1. The monoisotopic (exact) mass is 592 g/mol. The maximum atomic E-state index is 12.8. The summed E-state index contributed by atoms with van der Waals surface area (Å²) in [4.78, 5) is 47.3. The van der Waals surface area contributed by atoms with Gasteiger partial charge in [-0.15, -0.1) is 0 Å². The second kappa shape index (κ2) is 22.2. The first-order valence-corrected chi connectivity index (χ1v) is 14.2. The minimum absolute atomic E-state index is 0.0317. The van der Waals surface area contributed by atoms with Gasteiger partial charge in [0, 0.05) is 19.0 Å². The number of carbonyl (C=O) groups is 4. The van der Waals surface area contributed by atoms with Crippen LogP contribution in [0.3, 0.4) is 0 Å². The van der Waals surface area contributed by atoms with Crippen LogP contribution < -0.4 is 10.6 Å². The highest BCUT2D eigenvalue weighted by Crippen LogP contribution is 2.17. The summed E-state index contributed by atoms with van der Waals surface area (Å²) in [6, 6.07) is 0. The van der Waals surface area contributed by atoms with Gasteiger partial charge in [0.2, 0.25) is 5.91 Å². The average Bonchev–Trinajstić information content (AvgIpc) is 2.82. The molecule has 0 bridgehead atoms. The number of amides is 2. The molecule has 0 fully saturated rings. The Labute approximate surface area is 244 Å². The first-order valence-electron chi connectivity index (χ1n) is 14.2. The van der Waals surface area contributed by atoms with Crippen molar-refractivity contribution < 1.29 is 52.7 Å². The largest absolute Gasteiger partial charge is 0.481 e. The molecule has 1 atom stereocenters. The van der Waals surface area contributed by atoms with E-state index in [0.717, 1.165) is 0 Å². The number of alkyl carbamates (subject to hydrolysis) is 1. The van der Waals surface area contributed by atoms with Gasteiger partial charge in [-0.1, -0.05) is 6.42 Å². The summed E-state index contributed by atoms with van der Waals surface area (Å²) in [5.74, 6) is -2.14. The number of unbranched alkanes of at least 4 members (excludes halogenated alkanes) is 1. The van der Waals surface area contributed by atoms with Crippen molar-refractivity contribution in [1.82, 2.24) is 10.6 Å². The Morgan fingerprint density at radius 1 is 0.659 bits per heavy atom. The molecule has 0 radical (unpaired) electrons. The first kappa shape index (κ1) is 38.5. The van der Waals surface area contributed by atoms with Gasteiger partial charge in [-0.25, -0.2) is 4.79 Å². The van der Waals surface area contributed by atoms with Crippen molar-refractivity contribution in [1.29, 1.82) is 0 Å². The second-order valence-electron chi connectivity index (χ2n) is 11.3. The maximum Gasteiger partial charge on any atom is 0.407 e. The molecular formula is C28H52N2O11. The number of ether oxygens (including phenoxy) is 6. The molecule has 0 aliphatic rings. The van der Waals surface area contributed by atoms with Gasteiger partial charge >= 0.3 is 18.0 Å². The summed E-state index contributed by atoms with van der Waals surface area (Å²) in [7, 11) is 0. The summed E-state index contributed by atoms with van der Waals surface area (Å²) in [6.45, 7) is 14.0. The molecular weight excluding hydrogens is 540 g/mol. The Bertz CT molecular complexity index is 748. The summed E-state index contributed by atoms with van der Waals surface area (Å²) in [6.07, 6.45) is 1.17. The second-order valence-corrected chi connectivity index (χ2v) is 11.3. The number of nitrogens with one attached hydrogen (secondary N) is 2. The van der Waals surface area contributed by atoms with E-state index in [1.165, 1.54) is 0 Å². The fourth-order valence-electron chi connectivity index (χ4n) is 3.24. The van der Waals surface area contributed by atoms with E-state index in [1.807, 2.05) is 0 Å². The minimum atomic E-state index is -0.899. The van der Waals surface area contributed by atoms with E-state index in [4.69, 9.17) is 33.5 Å². The smallest absolute Gasteiger partial charge is 0.407 e. The van der Waals surface area contributed by atoms with Crippen molar-refractivity contribution in [3.05, 3.63) is 0 Å². The van der Waals surface area contributed by atoms with Gasteiger partial charge in [-0.2, -0.15) is 0 Å².